The fourth-order valence-corrected chi connectivity index (χ4v) is 4.51. The number of sulfonamides is 1. The molecule has 2 N–H and O–H groups in total. The lowest BCUT2D eigenvalue weighted by molar-refractivity contribution is -0.122. The number of nitrogens with one attached hydrogen (secondary N) is 2. The number of carbonyl (C=O) groups is 2. The zero-order valence-corrected chi connectivity index (χ0v) is 18.5. The van der Waals surface area contributed by atoms with Gasteiger partial charge in [0.15, 0.2) is 0 Å². The SMILES string of the molecule is Cc1ccc(S(=O)(=O)N(C)Cc2ccc(C(=O)NNC(=O)C[C@@H]3C=CCC3)cc2)cc1. The van der Waals surface area contributed by atoms with Crippen LogP contribution in [0.5, 0.6) is 0 Å². The van der Waals surface area contributed by atoms with Crippen LogP contribution in [-0.4, -0.2) is 31.6 Å². The lowest BCUT2D eigenvalue weighted by atomic mass is 10.1. The number of hydrogen-bond donors (Lipinski definition) is 2. The Kier molecular flexibility index (Phi) is 7.25. The summed E-state index contributed by atoms with van der Waals surface area (Å²) in [6, 6.07) is 13.3. The molecule has 2 aromatic rings. The van der Waals surface area contributed by atoms with Gasteiger partial charge in [-0.15, -0.1) is 0 Å². The van der Waals surface area contributed by atoms with Gasteiger partial charge in [0.1, 0.15) is 0 Å². The van der Waals surface area contributed by atoms with Crippen molar-refractivity contribution in [1.82, 2.24) is 15.2 Å². The number of nitrogens with zero attached hydrogens (tertiary/aromatic N) is 1. The van der Waals surface area contributed by atoms with Crippen LogP contribution in [0, 0.1) is 12.8 Å². The van der Waals surface area contributed by atoms with Gasteiger partial charge in [0.05, 0.1) is 4.90 Å². The van der Waals surface area contributed by atoms with Crippen molar-refractivity contribution >= 4 is 21.8 Å². The smallest absolute Gasteiger partial charge is 0.269 e. The molecule has 0 radical (unpaired) electrons. The molecular weight excluding hydrogens is 414 g/mol. The summed E-state index contributed by atoms with van der Waals surface area (Å²) in [6.45, 7) is 2.07. The van der Waals surface area contributed by atoms with Crippen LogP contribution in [0.25, 0.3) is 0 Å². The monoisotopic (exact) mass is 441 g/mol. The third kappa shape index (κ3) is 6.02. The van der Waals surface area contributed by atoms with Crippen LogP contribution in [0.1, 0.15) is 40.7 Å². The lowest BCUT2D eigenvalue weighted by Crippen LogP contribution is -2.42. The van der Waals surface area contributed by atoms with Gasteiger partial charge < -0.3 is 0 Å². The molecule has 7 nitrogen and oxygen atoms in total. The second-order valence-electron chi connectivity index (χ2n) is 7.74. The fourth-order valence-electron chi connectivity index (χ4n) is 3.35. The second-order valence-corrected chi connectivity index (χ2v) is 9.79. The first-order valence-electron chi connectivity index (χ1n) is 10.1. The van der Waals surface area contributed by atoms with Crippen molar-refractivity contribution in [2.45, 2.75) is 37.6 Å². The molecule has 0 spiro atoms. The highest BCUT2D eigenvalue weighted by atomic mass is 32.2. The fraction of sp³-hybridized carbons (Fsp3) is 0.304. The maximum Gasteiger partial charge on any atom is 0.269 e. The molecule has 0 fully saturated rings. The van der Waals surface area contributed by atoms with Gasteiger partial charge in [-0.1, -0.05) is 42.0 Å². The van der Waals surface area contributed by atoms with Gasteiger partial charge >= 0.3 is 0 Å². The summed E-state index contributed by atoms with van der Waals surface area (Å²) in [5.41, 5.74) is 6.95. The van der Waals surface area contributed by atoms with Crippen LogP contribution in [0.4, 0.5) is 0 Å². The van der Waals surface area contributed by atoms with Crippen LogP contribution in [-0.2, 0) is 21.4 Å². The van der Waals surface area contributed by atoms with E-state index in [0.717, 1.165) is 24.0 Å². The van der Waals surface area contributed by atoms with Crippen LogP contribution in [0.15, 0.2) is 65.6 Å². The van der Waals surface area contributed by atoms with Gasteiger partial charge in [-0.05, 0) is 55.5 Å². The summed E-state index contributed by atoms with van der Waals surface area (Å²) in [6.07, 6.45) is 6.37. The van der Waals surface area contributed by atoms with E-state index in [1.807, 2.05) is 13.0 Å². The minimum absolute atomic E-state index is 0.170. The Morgan fingerprint density at radius 2 is 1.71 bits per heavy atom. The van der Waals surface area contributed by atoms with E-state index in [9.17, 15) is 18.0 Å². The molecule has 1 atom stereocenters. The predicted molar refractivity (Wildman–Crippen MR) is 118 cm³/mol. The van der Waals surface area contributed by atoms with Crippen molar-refractivity contribution in [2.24, 2.45) is 5.92 Å². The minimum Gasteiger partial charge on any atom is -0.273 e. The summed E-state index contributed by atoms with van der Waals surface area (Å²) < 4.78 is 26.7. The van der Waals surface area contributed by atoms with E-state index in [1.54, 1.807) is 48.5 Å². The van der Waals surface area contributed by atoms with Crippen LogP contribution in [0.3, 0.4) is 0 Å². The first kappa shape index (κ1) is 22.7. The molecule has 2 amide bonds. The quantitative estimate of drug-likeness (QED) is 0.510. The molecule has 0 unspecified atom stereocenters. The van der Waals surface area contributed by atoms with Crippen LogP contribution >= 0.6 is 0 Å². The van der Waals surface area contributed by atoms with E-state index in [2.05, 4.69) is 16.9 Å². The minimum atomic E-state index is -3.61. The van der Waals surface area contributed by atoms with Gasteiger partial charge in [-0.2, -0.15) is 4.31 Å². The maximum absolute atomic E-state index is 12.7. The molecule has 0 saturated heterocycles. The van der Waals surface area contributed by atoms with E-state index < -0.39 is 15.9 Å². The highest BCUT2D eigenvalue weighted by Gasteiger charge is 2.21. The number of hydrogen-bond acceptors (Lipinski definition) is 4. The van der Waals surface area contributed by atoms with Crippen molar-refractivity contribution in [2.75, 3.05) is 7.05 Å². The van der Waals surface area contributed by atoms with E-state index in [-0.39, 0.29) is 23.3 Å². The molecule has 31 heavy (non-hydrogen) atoms. The van der Waals surface area contributed by atoms with E-state index in [1.165, 1.54) is 11.4 Å². The van der Waals surface area contributed by atoms with Crippen molar-refractivity contribution in [3.8, 4) is 0 Å². The van der Waals surface area contributed by atoms with E-state index in [4.69, 9.17) is 0 Å². The Morgan fingerprint density at radius 1 is 1.03 bits per heavy atom. The molecule has 0 saturated carbocycles. The molecule has 8 heteroatoms. The average Bonchev–Trinajstić information content (AvgIpc) is 3.26. The molecular formula is C23H27N3O4S. The first-order chi connectivity index (χ1) is 14.8. The number of benzene rings is 2. The molecule has 0 aliphatic heterocycles. The van der Waals surface area contributed by atoms with E-state index >= 15 is 0 Å². The molecule has 164 valence electrons. The number of carbonyl (C=O) groups excluding carboxylic acids is 2. The zero-order valence-electron chi connectivity index (χ0n) is 17.7. The van der Waals surface area contributed by atoms with Crippen molar-refractivity contribution in [1.29, 1.82) is 0 Å². The molecule has 0 bridgehead atoms. The van der Waals surface area contributed by atoms with E-state index in [0.29, 0.717) is 12.0 Å². The Hall–Kier alpha value is -2.97. The predicted octanol–water partition coefficient (Wildman–Crippen LogP) is 2.93. The third-order valence-corrected chi connectivity index (χ3v) is 7.04. The third-order valence-electron chi connectivity index (χ3n) is 5.23. The van der Waals surface area contributed by atoms with Gasteiger partial charge in [-0.25, -0.2) is 8.42 Å². The lowest BCUT2D eigenvalue weighted by Gasteiger charge is -2.17. The number of amides is 2. The molecule has 2 aromatic carbocycles. The Labute approximate surface area is 183 Å². The van der Waals surface area contributed by atoms with Crippen molar-refractivity contribution in [3.63, 3.8) is 0 Å². The summed E-state index contributed by atoms with van der Waals surface area (Å²) in [7, 11) is -2.09. The zero-order chi connectivity index (χ0) is 22.4. The topological polar surface area (TPSA) is 95.6 Å². The maximum atomic E-state index is 12.7. The van der Waals surface area contributed by atoms with Crippen molar-refractivity contribution < 1.29 is 18.0 Å². The normalized spacial score (nSPS) is 15.8. The van der Waals surface area contributed by atoms with Crippen LogP contribution < -0.4 is 10.9 Å². The first-order valence-corrected chi connectivity index (χ1v) is 11.6. The van der Waals surface area contributed by atoms with Gasteiger partial charge in [0, 0.05) is 25.6 Å². The number of allylic oxidation sites excluding steroid dienone is 2. The summed E-state index contributed by atoms with van der Waals surface area (Å²) >= 11 is 0. The molecule has 0 heterocycles. The number of aryl methyl sites for hydroxylation is 1. The Bertz CT molecular complexity index is 1060. The summed E-state index contributed by atoms with van der Waals surface area (Å²) in [4.78, 5) is 24.4. The largest absolute Gasteiger partial charge is 0.273 e. The van der Waals surface area contributed by atoms with Crippen LogP contribution in [0.2, 0.25) is 0 Å². The molecule has 1 aliphatic carbocycles. The number of hydrazine groups is 1. The molecule has 1 aliphatic rings. The summed E-state index contributed by atoms with van der Waals surface area (Å²) in [5, 5.41) is 0. The summed E-state index contributed by atoms with van der Waals surface area (Å²) in [5.74, 6) is -0.434. The van der Waals surface area contributed by atoms with Gasteiger partial charge in [0.2, 0.25) is 15.9 Å². The van der Waals surface area contributed by atoms with Gasteiger partial charge in [0.25, 0.3) is 5.91 Å². The Morgan fingerprint density at radius 3 is 2.32 bits per heavy atom. The highest BCUT2D eigenvalue weighted by molar-refractivity contribution is 7.89. The highest BCUT2D eigenvalue weighted by Crippen LogP contribution is 2.20. The molecule has 0 aromatic heterocycles. The van der Waals surface area contributed by atoms with Crippen molar-refractivity contribution in [3.05, 3.63) is 77.4 Å². The van der Waals surface area contributed by atoms with Gasteiger partial charge in [-0.3, -0.25) is 20.4 Å². The average molecular weight is 442 g/mol. The Balaban J connectivity index is 1.54. The molecule has 3 rings (SSSR count). The second kappa shape index (κ2) is 9.89. The number of rotatable bonds is 7. The standard InChI is InChI=1S/C23H27N3O4S/c1-17-7-13-21(14-8-17)31(29,30)26(2)16-19-9-11-20(12-10-19)23(28)25-24-22(27)15-18-5-3-4-6-18/h3,5,7-14,18H,4,6,15-16H2,1-2H3,(H,24,27)(H,25,28)/t18-/m1/s1.